The maximum atomic E-state index is 11.8. The molecule has 1 aromatic rings. The van der Waals surface area contributed by atoms with E-state index in [-0.39, 0.29) is 12.5 Å². The van der Waals surface area contributed by atoms with Gasteiger partial charge in [-0.1, -0.05) is 6.07 Å². The number of hydrogen-bond acceptors (Lipinski definition) is 4. The van der Waals surface area contributed by atoms with E-state index < -0.39 is 0 Å². The van der Waals surface area contributed by atoms with Gasteiger partial charge in [0, 0.05) is 31.9 Å². The van der Waals surface area contributed by atoms with Gasteiger partial charge in [0.25, 0.3) is 5.91 Å². The molecule has 2 N–H and O–H groups in total. The summed E-state index contributed by atoms with van der Waals surface area (Å²) in [6.45, 7) is 1.56. The van der Waals surface area contributed by atoms with Gasteiger partial charge in [-0.15, -0.1) is 0 Å². The highest BCUT2D eigenvalue weighted by Gasteiger charge is 2.09. The number of nitrogens with two attached hydrogens (primary N) is 1. The van der Waals surface area contributed by atoms with Crippen LogP contribution in [0.2, 0.25) is 0 Å². The van der Waals surface area contributed by atoms with E-state index in [0.29, 0.717) is 18.0 Å². The zero-order valence-electron chi connectivity index (χ0n) is 11.2. The second-order valence-electron chi connectivity index (χ2n) is 4.48. The molecule has 0 aliphatic carbocycles. The Morgan fingerprint density at radius 3 is 2.61 bits per heavy atom. The normalized spacial score (nSPS) is 10.4. The highest BCUT2D eigenvalue weighted by atomic mass is 16.5. The maximum Gasteiger partial charge on any atom is 0.260 e. The van der Waals surface area contributed by atoms with E-state index in [9.17, 15) is 4.79 Å². The Morgan fingerprint density at radius 1 is 1.28 bits per heavy atom. The fraction of sp³-hybridized carbons (Fsp3) is 0.462. The van der Waals surface area contributed by atoms with E-state index in [1.807, 2.05) is 19.0 Å². The van der Waals surface area contributed by atoms with E-state index in [4.69, 9.17) is 10.5 Å². The number of hydrogen-bond donors (Lipinski definition) is 1. The summed E-state index contributed by atoms with van der Waals surface area (Å²) in [7, 11) is 5.72. The molecule has 0 heterocycles. The number of rotatable bonds is 6. The third-order valence-electron chi connectivity index (χ3n) is 2.53. The Bertz CT molecular complexity index is 394. The van der Waals surface area contributed by atoms with Crippen LogP contribution in [0.5, 0.6) is 5.75 Å². The van der Waals surface area contributed by atoms with Crippen molar-refractivity contribution in [2.75, 3.05) is 46.6 Å². The molecule has 0 spiro atoms. The van der Waals surface area contributed by atoms with Gasteiger partial charge >= 0.3 is 0 Å². The number of amides is 1. The first kappa shape index (κ1) is 14.3. The molecule has 0 radical (unpaired) electrons. The molecule has 100 valence electrons. The predicted octanol–water partition coefficient (Wildman–Crippen LogP) is 0.668. The van der Waals surface area contributed by atoms with Gasteiger partial charge < -0.3 is 20.3 Å². The molecule has 1 aromatic carbocycles. The molecule has 5 nitrogen and oxygen atoms in total. The highest BCUT2D eigenvalue weighted by molar-refractivity contribution is 5.77. The minimum Gasteiger partial charge on any atom is -0.484 e. The topological polar surface area (TPSA) is 58.8 Å². The lowest BCUT2D eigenvalue weighted by atomic mass is 10.3. The Morgan fingerprint density at radius 2 is 2.00 bits per heavy atom. The number of likely N-dealkylation sites (N-methyl/N-ethyl adjacent to an activating group) is 2. The Labute approximate surface area is 108 Å². The fourth-order valence-corrected chi connectivity index (χ4v) is 1.33. The lowest BCUT2D eigenvalue weighted by Crippen LogP contribution is -2.36. The van der Waals surface area contributed by atoms with Crippen molar-refractivity contribution in [3.8, 4) is 5.75 Å². The smallest absolute Gasteiger partial charge is 0.260 e. The number of carbonyl (C=O) groups excluding carboxylic acids is 1. The van der Waals surface area contributed by atoms with Crippen LogP contribution in [0.25, 0.3) is 0 Å². The molecule has 0 aliphatic rings. The SMILES string of the molecule is CN(C)CCN(C)C(=O)COc1cccc(N)c1. The number of benzene rings is 1. The number of nitrogen functional groups attached to an aromatic ring is 1. The molecule has 0 aromatic heterocycles. The molecule has 1 amide bonds. The van der Waals surface area contributed by atoms with Gasteiger partial charge in [0.2, 0.25) is 0 Å². The second-order valence-corrected chi connectivity index (χ2v) is 4.48. The van der Waals surface area contributed by atoms with Crippen LogP contribution in [0.3, 0.4) is 0 Å². The van der Waals surface area contributed by atoms with Crippen LogP contribution in [0.15, 0.2) is 24.3 Å². The molecule has 0 saturated carbocycles. The lowest BCUT2D eigenvalue weighted by Gasteiger charge is -2.19. The molecular formula is C13H21N3O2. The Kier molecular flexibility index (Phi) is 5.45. The van der Waals surface area contributed by atoms with Crippen LogP contribution in [0.4, 0.5) is 5.69 Å². The minimum absolute atomic E-state index is 0.0351. The molecule has 0 saturated heterocycles. The first-order valence-electron chi connectivity index (χ1n) is 5.86. The van der Waals surface area contributed by atoms with E-state index in [1.54, 1.807) is 36.2 Å². The highest BCUT2D eigenvalue weighted by Crippen LogP contribution is 2.14. The van der Waals surface area contributed by atoms with Crippen LogP contribution < -0.4 is 10.5 Å². The average molecular weight is 251 g/mol. The van der Waals surface area contributed by atoms with E-state index in [0.717, 1.165) is 6.54 Å². The van der Waals surface area contributed by atoms with Crippen molar-refractivity contribution in [1.82, 2.24) is 9.80 Å². The van der Waals surface area contributed by atoms with Gasteiger partial charge in [-0.2, -0.15) is 0 Å². The summed E-state index contributed by atoms with van der Waals surface area (Å²) in [5.74, 6) is 0.573. The Balaban J connectivity index is 2.36. The minimum atomic E-state index is -0.0423. The van der Waals surface area contributed by atoms with Crippen molar-refractivity contribution in [3.05, 3.63) is 24.3 Å². The van der Waals surface area contributed by atoms with Crippen LogP contribution >= 0.6 is 0 Å². The van der Waals surface area contributed by atoms with Gasteiger partial charge in [-0.3, -0.25) is 4.79 Å². The maximum absolute atomic E-state index is 11.8. The summed E-state index contributed by atoms with van der Waals surface area (Å²) in [6, 6.07) is 7.05. The van der Waals surface area contributed by atoms with E-state index in [2.05, 4.69) is 0 Å². The molecule has 1 rings (SSSR count). The van der Waals surface area contributed by atoms with Crippen molar-refractivity contribution in [1.29, 1.82) is 0 Å². The van der Waals surface area contributed by atoms with Crippen molar-refractivity contribution >= 4 is 11.6 Å². The fourth-order valence-electron chi connectivity index (χ4n) is 1.33. The van der Waals surface area contributed by atoms with Gasteiger partial charge in [-0.25, -0.2) is 0 Å². The summed E-state index contributed by atoms with van der Waals surface area (Å²) in [6.07, 6.45) is 0. The van der Waals surface area contributed by atoms with Gasteiger partial charge in [0.05, 0.1) is 0 Å². The Hall–Kier alpha value is -1.75. The molecular weight excluding hydrogens is 230 g/mol. The summed E-state index contributed by atoms with van der Waals surface area (Å²) in [4.78, 5) is 15.5. The third kappa shape index (κ3) is 5.05. The van der Waals surface area contributed by atoms with Crippen LogP contribution in [0, 0.1) is 0 Å². The zero-order valence-corrected chi connectivity index (χ0v) is 11.2. The van der Waals surface area contributed by atoms with Gasteiger partial charge in [0.15, 0.2) is 6.61 Å². The predicted molar refractivity (Wildman–Crippen MR) is 72.5 cm³/mol. The molecule has 18 heavy (non-hydrogen) atoms. The molecule has 0 bridgehead atoms. The molecule has 0 aliphatic heterocycles. The largest absolute Gasteiger partial charge is 0.484 e. The van der Waals surface area contributed by atoms with Crippen LogP contribution in [-0.2, 0) is 4.79 Å². The molecule has 0 fully saturated rings. The van der Waals surface area contributed by atoms with Crippen LogP contribution in [-0.4, -0.2) is 56.5 Å². The second kappa shape index (κ2) is 6.86. The third-order valence-corrected chi connectivity index (χ3v) is 2.53. The van der Waals surface area contributed by atoms with Crippen molar-refractivity contribution in [2.45, 2.75) is 0 Å². The van der Waals surface area contributed by atoms with Crippen molar-refractivity contribution < 1.29 is 9.53 Å². The van der Waals surface area contributed by atoms with Crippen molar-refractivity contribution in [3.63, 3.8) is 0 Å². The zero-order chi connectivity index (χ0) is 13.5. The number of carbonyl (C=O) groups is 1. The molecule has 0 unspecified atom stereocenters. The monoisotopic (exact) mass is 251 g/mol. The molecule has 5 heteroatoms. The van der Waals surface area contributed by atoms with Crippen molar-refractivity contribution in [2.24, 2.45) is 0 Å². The first-order valence-corrected chi connectivity index (χ1v) is 5.86. The summed E-state index contributed by atoms with van der Waals surface area (Å²) >= 11 is 0. The van der Waals surface area contributed by atoms with Crippen LogP contribution in [0.1, 0.15) is 0 Å². The summed E-state index contributed by atoms with van der Waals surface area (Å²) in [5, 5.41) is 0. The van der Waals surface area contributed by atoms with E-state index in [1.165, 1.54) is 0 Å². The van der Waals surface area contributed by atoms with E-state index >= 15 is 0 Å². The average Bonchev–Trinajstić information content (AvgIpc) is 2.33. The number of anilines is 1. The molecule has 0 atom stereocenters. The standard InChI is InChI=1S/C13H21N3O2/c1-15(2)7-8-16(3)13(17)10-18-12-6-4-5-11(14)9-12/h4-6,9H,7-8,10,14H2,1-3H3. The summed E-state index contributed by atoms with van der Waals surface area (Å²) < 4.78 is 5.39. The van der Waals surface area contributed by atoms with Gasteiger partial charge in [-0.05, 0) is 26.2 Å². The van der Waals surface area contributed by atoms with Gasteiger partial charge in [0.1, 0.15) is 5.75 Å². The first-order chi connectivity index (χ1) is 8.49. The lowest BCUT2D eigenvalue weighted by molar-refractivity contribution is -0.132. The quantitative estimate of drug-likeness (QED) is 0.755. The number of ether oxygens (including phenoxy) is 1. The number of nitrogens with zero attached hydrogens (tertiary/aromatic N) is 2. The summed E-state index contributed by atoms with van der Waals surface area (Å²) in [5.41, 5.74) is 6.25.